The van der Waals surface area contributed by atoms with Gasteiger partial charge in [0.2, 0.25) is 5.91 Å². The number of likely N-dealkylation sites (N-methyl/N-ethyl adjacent to an activating group) is 1. The molecule has 2 N–H and O–H groups in total. The summed E-state index contributed by atoms with van der Waals surface area (Å²) in [5.41, 5.74) is 5.40. The quantitative estimate of drug-likeness (QED) is 0.794. The molecule has 0 bridgehead atoms. The zero-order chi connectivity index (χ0) is 14.3. The summed E-state index contributed by atoms with van der Waals surface area (Å²) < 4.78 is 5.29. The predicted octanol–water partition coefficient (Wildman–Crippen LogP) is 0.271. The third-order valence-corrected chi connectivity index (χ3v) is 2.44. The van der Waals surface area contributed by atoms with E-state index < -0.39 is 5.91 Å². The summed E-state index contributed by atoms with van der Waals surface area (Å²) in [6, 6.07) is 8.59. The van der Waals surface area contributed by atoms with Gasteiger partial charge in [-0.05, 0) is 19.1 Å². The fraction of sp³-hybridized carbons (Fsp3) is 0.308. The van der Waals surface area contributed by atoms with E-state index in [-0.39, 0.29) is 19.1 Å². The van der Waals surface area contributed by atoms with E-state index in [2.05, 4.69) is 0 Å². The van der Waals surface area contributed by atoms with Crippen LogP contribution >= 0.6 is 0 Å². The van der Waals surface area contributed by atoms with Crippen LogP contribution in [0.25, 0.3) is 0 Å². The number of ether oxygens (including phenoxy) is 1. The third kappa shape index (κ3) is 4.32. The predicted molar refractivity (Wildman–Crippen MR) is 68.1 cm³/mol. The Bertz CT molecular complexity index is 508. The average molecular weight is 261 g/mol. The fourth-order valence-electron chi connectivity index (χ4n) is 1.48. The summed E-state index contributed by atoms with van der Waals surface area (Å²) in [6.45, 7) is 1.73. The van der Waals surface area contributed by atoms with Crippen LogP contribution in [0.15, 0.2) is 24.3 Å². The largest absolute Gasteiger partial charge is 0.482 e. The summed E-state index contributed by atoms with van der Waals surface area (Å²) in [6.07, 6.45) is 0. The maximum absolute atomic E-state index is 11.8. The molecule has 1 rings (SSSR count). The van der Waals surface area contributed by atoms with Gasteiger partial charge in [0.05, 0.1) is 12.1 Å². The molecule has 0 atom stereocenters. The molecule has 0 saturated carbocycles. The van der Waals surface area contributed by atoms with Gasteiger partial charge in [-0.1, -0.05) is 12.1 Å². The Morgan fingerprint density at radius 1 is 1.42 bits per heavy atom. The zero-order valence-corrected chi connectivity index (χ0v) is 10.6. The lowest BCUT2D eigenvalue weighted by Gasteiger charge is -2.19. The molecule has 0 aliphatic heterocycles. The Kier molecular flexibility index (Phi) is 5.35. The van der Waals surface area contributed by atoms with Crippen LogP contribution in [-0.2, 0) is 9.59 Å². The number of nitrogens with zero attached hydrogens (tertiary/aromatic N) is 2. The van der Waals surface area contributed by atoms with Crippen molar-refractivity contribution >= 4 is 11.8 Å². The molecule has 0 heterocycles. The molecule has 1 aromatic carbocycles. The van der Waals surface area contributed by atoms with Crippen molar-refractivity contribution in [3.05, 3.63) is 29.8 Å². The molecule has 1 aromatic rings. The minimum absolute atomic E-state index is 0.140. The van der Waals surface area contributed by atoms with E-state index in [9.17, 15) is 9.59 Å². The lowest BCUT2D eigenvalue weighted by atomic mass is 10.2. The molecule has 6 heteroatoms. The van der Waals surface area contributed by atoms with Crippen molar-refractivity contribution in [2.45, 2.75) is 6.92 Å². The van der Waals surface area contributed by atoms with Crippen molar-refractivity contribution in [2.24, 2.45) is 5.73 Å². The minimum Gasteiger partial charge on any atom is -0.482 e. The molecule has 0 aromatic heterocycles. The first-order valence-corrected chi connectivity index (χ1v) is 5.76. The van der Waals surface area contributed by atoms with E-state index in [4.69, 9.17) is 15.7 Å². The molecule has 19 heavy (non-hydrogen) atoms. The van der Waals surface area contributed by atoms with E-state index in [1.54, 1.807) is 31.2 Å². The monoisotopic (exact) mass is 261 g/mol. The van der Waals surface area contributed by atoms with Crippen molar-refractivity contribution < 1.29 is 14.3 Å². The van der Waals surface area contributed by atoms with Gasteiger partial charge in [-0.15, -0.1) is 0 Å². The molecular weight excluding hydrogens is 246 g/mol. The van der Waals surface area contributed by atoms with Crippen molar-refractivity contribution in [3.63, 3.8) is 0 Å². The molecular formula is C13H15N3O3. The number of nitriles is 1. The normalized spacial score (nSPS) is 9.47. The first kappa shape index (κ1) is 14.5. The van der Waals surface area contributed by atoms with Crippen LogP contribution in [0.2, 0.25) is 0 Å². The summed E-state index contributed by atoms with van der Waals surface area (Å²) in [5.74, 6) is -0.588. The van der Waals surface area contributed by atoms with Gasteiger partial charge in [0, 0.05) is 6.54 Å². The Balaban J connectivity index is 2.63. The molecule has 6 nitrogen and oxygen atoms in total. The van der Waals surface area contributed by atoms with Crippen LogP contribution in [-0.4, -0.2) is 36.4 Å². The van der Waals surface area contributed by atoms with Crippen molar-refractivity contribution in [1.29, 1.82) is 5.26 Å². The Morgan fingerprint density at radius 2 is 2.11 bits per heavy atom. The van der Waals surface area contributed by atoms with E-state index in [1.165, 1.54) is 4.90 Å². The van der Waals surface area contributed by atoms with Crippen LogP contribution in [0.5, 0.6) is 5.75 Å². The second-order valence-electron chi connectivity index (χ2n) is 3.77. The lowest BCUT2D eigenvalue weighted by Crippen LogP contribution is -2.40. The third-order valence-electron chi connectivity index (χ3n) is 2.44. The standard InChI is InChI=1S/C13H15N3O3/c1-2-16(8-12(15)17)13(18)9-19-11-6-4-3-5-10(11)7-14/h3-6H,2,8-9H2,1H3,(H2,15,17). The van der Waals surface area contributed by atoms with Gasteiger partial charge in [0.25, 0.3) is 5.91 Å². The second-order valence-corrected chi connectivity index (χ2v) is 3.77. The molecule has 0 unspecified atom stereocenters. The number of nitrogens with two attached hydrogens (primary N) is 1. The Hall–Kier alpha value is -2.55. The summed E-state index contributed by atoms with van der Waals surface area (Å²) >= 11 is 0. The van der Waals surface area contributed by atoms with Gasteiger partial charge in [-0.2, -0.15) is 5.26 Å². The number of amides is 2. The van der Waals surface area contributed by atoms with Gasteiger partial charge in [0.1, 0.15) is 11.8 Å². The van der Waals surface area contributed by atoms with Gasteiger partial charge < -0.3 is 15.4 Å². The van der Waals surface area contributed by atoms with Gasteiger partial charge in [-0.25, -0.2) is 0 Å². The van der Waals surface area contributed by atoms with E-state index in [0.29, 0.717) is 17.9 Å². The van der Waals surface area contributed by atoms with Crippen LogP contribution in [0.3, 0.4) is 0 Å². The smallest absolute Gasteiger partial charge is 0.260 e. The van der Waals surface area contributed by atoms with E-state index >= 15 is 0 Å². The SMILES string of the molecule is CCN(CC(N)=O)C(=O)COc1ccccc1C#N. The van der Waals surface area contributed by atoms with Gasteiger partial charge in [-0.3, -0.25) is 9.59 Å². The number of carbonyl (C=O) groups excluding carboxylic acids is 2. The van der Waals surface area contributed by atoms with Crippen LogP contribution < -0.4 is 10.5 Å². The number of benzene rings is 1. The molecule has 0 fully saturated rings. The van der Waals surface area contributed by atoms with E-state index in [1.807, 2.05) is 6.07 Å². The maximum atomic E-state index is 11.8. The highest BCUT2D eigenvalue weighted by Crippen LogP contribution is 2.16. The first-order chi connectivity index (χ1) is 9.08. The summed E-state index contributed by atoms with van der Waals surface area (Å²) in [5, 5.41) is 8.87. The number of hydrogen-bond acceptors (Lipinski definition) is 4. The van der Waals surface area contributed by atoms with Crippen molar-refractivity contribution in [2.75, 3.05) is 19.7 Å². The molecule has 2 amide bonds. The lowest BCUT2D eigenvalue weighted by molar-refractivity contribution is -0.136. The molecule has 0 aliphatic rings. The van der Waals surface area contributed by atoms with Gasteiger partial charge >= 0.3 is 0 Å². The van der Waals surface area contributed by atoms with E-state index in [0.717, 1.165) is 0 Å². The van der Waals surface area contributed by atoms with Crippen molar-refractivity contribution in [3.8, 4) is 11.8 Å². The second kappa shape index (κ2) is 7.01. The number of para-hydroxylation sites is 1. The van der Waals surface area contributed by atoms with Crippen LogP contribution in [0, 0.1) is 11.3 Å². The molecule has 0 aliphatic carbocycles. The minimum atomic E-state index is -0.576. The first-order valence-electron chi connectivity index (χ1n) is 5.76. The van der Waals surface area contributed by atoms with Crippen molar-refractivity contribution in [1.82, 2.24) is 4.90 Å². The van der Waals surface area contributed by atoms with Gasteiger partial charge in [0.15, 0.2) is 6.61 Å². The van der Waals surface area contributed by atoms with Crippen LogP contribution in [0.1, 0.15) is 12.5 Å². The van der Waals surface area contributed by atoms with Crippen LogP contribution in [0.4, 0.5) is 0 Å². The highest BCUT2D eigenvalue weighted by atomic mass is 16.5. The molecule has 0 radical (unpaired) electrons. The molecule has 100 valence electrons. The molecule has 0 spiro atoms. The summed E-state index contributed by atoms with van der Waals surface area (Å²) in [4.78, 5) is 23.9. The Morgan fingerprint density at radius 3 is 2.68 bits per heavy atom. The number of primary amides is 1. The molecule has 0 saturated heterocycles. The average Bonchev–Trinajstić information content (AvgIpc) is 2.42. The number of hydrogen-bond donors (Lipinski definition) is 1. The fourth-order valence-corrected chi connectivity index (χ4v) is 1.48. The number of carbonyl (C=O) groups is 2. The highest BCUT2D eigenvalue weighted by molar-refractivity contribution is 5.84. The highest BCUT2D eigenvalue weighted by Gasteiger charge is 2.15. The summed E-state index contributed by atoms with van der Waals surface area (Å²) in [7, 11) is 0. The Labute approximate surface area is 111 Å². The zero-order valence-electron chi connectivity index (χ0n) is 10.6. The number of rotatable bonds is 6. The maximum Gasteiger partial charge on any atom is 0.260 e. The topological polar surface area (TPSA) is 96.4 Å².